The van der Waals surface area contributed by atoms with Crippen molar-refractivity contribution in [2.24, 2.45) is 14.1 Å². The van der Waals surface area contributed by atoms with E-state index in [1.165, 1.54) is 0 Å². The topological polar surface area (TPSA) is 77.2 Å². The number of aryl methyl sites for hydroxylation is 2. The summed E-state index contributed by atoms with van der Waals surface area (Å²) in [4.78, 5) is 16.8. The van der Waals surface area contributed by atoms with Gasteiger partial charge in [-0.3, -0.25) is 9.67 Å². The number of hydrogen-bond acceptors (Lipinski definition) is 4. The lowest BCUT2D eigenvalue weighted by atomic mass is 10.2. The molecule has 0 saturated carbocycles. The molecule has 0 aliphatic carbocycles. The fraction of sp³-hybridized carbons (Fsp3) is 0.125. The number of H-pyrrole nitrogens is 1. The van der Waals surface area contributed by atoms with Gasteiger partial charge < -0.3 is 9.55 Å². The quantitative estimate of drug-likeness (QED) is 0.516. The number of hydrogen-bond donors (Lipinski definition) is 1. The summed E-state index contributed by atoms with van der Waals surface area (Å²) in [6, 6.07) is 2.11. The third-order valence-corrected chi connectivity index (χ3v) is 4.23. The maximum atomic E-state index is 4.50. The SMILES string of the molecule is Cn1cc(-c2cc3c(ncc4cnn(C)c43)[nH]2)c2nccnc21. The molecule has 0 radical (unpaired) electrons. The Labute approximate surface area is 130 Å². The highest BCUT2D eigenvalue weighted by molar-refractivity contribution is 6.05. The standard InChI is InChI=1S/C16H13N7/c1-22-8-11(13-16(22)18-4-3-17-13)12-5-10-14-9(7-20-23(14)2)6-19-15(10)21-12/h3-8H,1-2H3,(H,19,21). The summed E-state index contributed by atoms with van der Waals surface area (Å²) in [7, 11) is 3.92. The van der Waals surface area contributed by atoms with E-state index < -0.39 is 0 Å². The van der Waals surface area contributed by atoms with Crippen molar-refractivity contribution in [2.75, 3.05) is 0 Å². The van der Waals surface area contributed by atoms with Crippen LogP contribution < -0.4 is 0 Å². The van der Waals surface area contributed by atoms with Gasteiger partial charge in [0, 0.05) is 55.2 Å². The van der Waals surface area contributed by atoms with E-state index in [1.807, 2.05) is 41.9 Å². The van der Waals surface area contributed by atoms with E-state index in [9.17, 15) is 0 Å². The maximum absolute atomic E-state index is 4.50. The lowest BCUT2D eigenvalue weighted by molar-refractivity contribution is 0.799. The molecule has 5 aromatic heterocycles. The molecule has 0 unspecified atom stereocenters. The third kappa shape index (κ3) is 1.58. The van der Waals surface area contributed by atoms with E-state index in [-0.39, 0.29) is 0 Å². The van der Waals surface area contributed by atoms with Gasteiger partial charge in [-0.25, -0.2) is 9.97 Å². The van der Waals surface area contributed by atoms with Gasteiger partial charge in [-0.15, -0.1) is 0 Å². The Morgan fingerprint density at radius 3 is 2.83 bits per heavy atom. The Morgan fingerprint density at radius 1 is 1.04 bits per heavy atom. The summed E-state index contributed by atoms with van der Waals surface area (Å²) in [6.07, 6.45) is 9.13. The zero-order chi connectivity index (χ0) is 15.6. The van der Waals surface area contributed by atoms with Crippen molar-refractivity contribution in [3.8, 4) is 11.3 Å². The number of rotatable bonds is 1. The van der Waals surface area contributed by atoms with Crippen LogP contribution in [0.25, 0.3) is 44.4 Å². The highest BCUT2D eigenvalue weighted by Crippen LogP contribution is 2.31. The smallest absolute Gasteiger partial charge is 0.159 e. The van der Waals surface area contributed by atoms with Crippen molar-refractivity contribution < 1.29 is 0 Å². The van der Waals surface area contributed by atoms with Crippen molar-refractivity contribution in [3.05, 3.63) is 37.1 Å². The lowest BCUT2D eigenvalue weighted by Gasteiger charge is -1.94. The Bertz CT molecular complexity index is 1190. The monoisotopic (exact) mass is 303 g/mol. The minimum Gasteiger partial charge on any atom is -0.339 e. The van der Waals surface area contributed by atoms with E-state index in [4.69, 9.17) is 0 Å². The molecule has 0 spiro atoms. The average Bonchev–Trinajstić information content (AvgIpc) is 3.23. The second kappa shape index (κ2) is 4.16. The number of pyridine rings is 1. The highest BCUT2D eigenvalue weighted by atomic mass is 15.2. The van der Waals surface area contributed by atoms with Crippen LogP contribution in [0.1, 0.15) is 0 Å². The second-order valence-electron chi connectivity index (χ2n) is 5.66. The Morgan fingerprint density at radius 2 is 1.91 bits per heavy atom. The summed E-state index contributed by atoms with van der Waals surface area (Å²) in [5.74, 6) is 0. The first-order valence-corrected chi connectivity index (χ1v) is 7.28. The summed E-state index contributed by atoms with van der Waals surface area (Å²) >= 11 is 0. The Kier molecular flexibility index (Phi) is 2.23. The maximum Gasteiger partial charge on any atom is 0.159 e. The van der Waals surface area contributed by atoms with Crippen molar-refractivity contribution in [2.45, 2.75) is 0 Å². The first-order chi connectivity index (χ1) is 11.2. The van der Waals surface area contributed by atoms with Gasteiger partial charge in [0.2, 0.25) is 0 Å². The van der Waals surface area contributed by atoms with Crippen LogP contribution in [0.15, 0.2) is 37.1 Å². The van der Waals surface area contributed by atoms with Gasteiger partial charge in [0.05, 0.1) is 17.4 Å². The molecule has 0 bridgehead atoms. The Balaban J connectivity index is 1.86. The number of nitrogens with one attached hydrogen (secondary N) is 1. The average molecular weight is 303 g/mol. The zero-order valence-electron chi connectivity index (χ0n) is 12.6. The summed E-state index contributed by atoms with van der Waals surface area (Å²) < 4.78 is 3.86. The van der Waals surface area contributed by atoms with E-state index >= 15 is 0 Å². The molecule has 112 valence electrons. The van der Waals surface area contributed by atoms with E-state index in [0.29, 0.717) is 0 Å². The number of aromatic nitrogens is 7. The van der Waals surface area contributed by atoms with Crippen LogP contribution in [-0.4, -0.2) is 34.3 Å². The summed E-state index contributed by atoms with van der Waals surface area (Å²) in [5, 5.41) is 6.40. The van der Waals surface area contributed by atoms with E-state index in [2.05, 4.69) is 31.1 Å². The number of fused-ring (bicyclic) bond motifs is 4. The highest BCUT2D eigenvalue weighted by Gasteiger charge is 2.15. The zero-order valence-corrected chi connectivity index (χ0v) is 12.6. The van der Waals surface area contributed by atoms with Gasteiger partial charge in [-0.1, -0.05) is 0 Å². The third-order valence-electron chi connectivity index (χ3n) is 4.23. The molecule has 1 N–H and O–H groups in total. The molecule has 0 aliphatic heterocycles. The molecule has 0 amide bonds. The largest absolute Gasteiger partial charge is 0.339 e. The molecule has 7 heteroatoms. The van der Waals surface area contributed by atoms with E-state index in [0.717, 1.165) is 44.4 Å². The summed E-state index contributed by atoms with van der Waals surface area (Å²) in [5.41, 5.74) is 5.65. The van der Waals surface area contributed by atoms with Crippen molar-refractivity contribution in [1.82, 2.24) is 34.3 Å². The molecule has 5 heterocycles. The van der Waals surface area contributed by atoms with Gasteiger partial charge in [0.25, 0.3) is 0 Å². The predicted molar refractivity (Wildman–Crippen MR) is 87.9 cm³/mol. The molecular weight excluding hydrogens is 290 g/mol. The second-order valence-corrected chi connectivity index (χ2v) is 5.66. The molecule has 7 nitrogen and oxygen atoms in total. The first kappa shape index (κ1) is 12.3. The van der Waals surface area contributed by atoms with Crippen LogP contribution in [0, 0.1) is 0 Å². The van der Waals surface area contributed by atoms with Crippen molar-refractivity contribution >= 4 is 33.1 Å². The molecule has 0 saturated heterocycles. The first-order valence-electron chi connectivity index (χ1n) is 7.28. The van der Waals surface area contributed by atoms with E-state index in [1.54, 1.807) is 12.4 Å². The van der Waals surface area contributed by atoms with Gasteiger partial charge >= 0.3 is 0 Å². The van der Waals surface area contributed by atoms with Crippen LogP contribution in [0.4, 0.5) is 0 Å². The lowest BCUT2D eigenvalue weighted by Crippen LogP contribution is -1.89. The van der Waals surface area contributed by atoms with Crippen LogP contribution >= 0.6 is 0 Å². The molecule has 0 atom stereocenters. The van der Waals surface area contributed by atoms with Gasteiger partial charge in [-0.05, 0) is 6.07 Å². The molecule has 5 rings (SSSR count). The molecular formula is C16H13N7. The molecule has 0 aromatic carbocycles. The van der Waals surface area contributed by atoms with Gasteiger partial charge in [-0.2, -0.15) is 5.10 Å². The molecule has 5 aromatic rings. The fourth-order valence-electron chi connectivity index (χ4n) is 3.18. The van der Waals surface area contributed by atoms with Crippen LogP contribution in [0.2, 0.25) is 0 Å². The Hall–Kier alpha value is -3.22. The van der Waals surface area contributed by atoms with Gasteiger partial charge in [0.15, 0.2) is 5.65 Å². The van der Waals surface area contributed by atoms with Crippen LogP contribution in [0.3, 0.4) is 0 Å². The minimum absolute atomic E-state index is 0.844. The molecule has 23 heavy (non-hydrogen) atoms. The predicted octanol–water partition coefficient (Wildman–Crippen LogP) is 2.40. The van der Waals surface area contributed by atoms with Crippen LogP contribution in [-0.2, 0) is 14.1 Å². The molecule has 0 aliphatic rings. The fourth-order valence-corrected chi connectivity index (χ4v) is 3.18. The number of aromatic amines is 1. The summed E-state index contributed by atoms with van der Waals surface area (Å²) in [6.45, 7) is 0. The normalized spacial score (nSPS) is 11.9. The van der Waals surface area contributed by atoms with Crippen LogP contribution in [0.5, 0.6) is 0 Å². The van der Waals surface area contributed by atoms with Gasteiger partial charge in [0.1, 0.15) is 11.2 Å². The number of nitrogens with zero attached hydrogens (tertiary/aromatic N) is 6. The minimum atomic E-state index is 0.844. The van der Waals surface area contributed by atoms with Crippen molar-refractivity contribution in [1.29, 1.82) is 0 Å². The van der Waals surface area contributed by atoms with Crippen molar-refractivity contribution in [3.63, 3.8) is 0 Å². The molecule has 0 fully saturated rings.